The molecule has 0 amide bonds. The van der Waals surface area contributed by atoms with Gasteiger partial charge in [0.15, 0.2) is 17.5 Å². The third-order valence-electron chi connectivity index (χ3n) is 4.08. The Balaban J connectivity index is 0.00000392. The molecular weight excluding hydrogens is 493 g/mol. The van der Waals surface area contributed by atoms with Crippen LogP contribution in [-0.4, -0.2) is 40.9 Å². The first-order valence-electron chi connectivity index (χ1n) is 8.59. The second-order valence-corrected chi connectivity index (χ2v) is 6.18. The van der Waals surface area contributed by atoms with Crippen molar-refractivity contribution in [1.29, 1.82) is 0 Å². The molecule has 2 aromatic rings. The van der Waals surface area contributed by atoms with Crippen molar-refractivity contribution in [3.8, 4) is 17.2 Å². The molecular formula is C20H27ClIN3O3. The van der Waals surface area contributed by atoms with E-state index in [4.69, 9.17) is 25.8 Å². The summed E-state index contributed by atoms with van der Waals surface area (Å²) in [5, 5.41) is 7.33. The minimum absolute atomic E-state index is 0. The molecule has 154 valence electrons. The Kier molecular flexibility index (Phi) is 10.8. The summed E-state index contributed by atoms with van der Waals surface area (Å²) in [7, 11) is 6.58. The molecule has 0 saturated carbocycles. The number of halogens is 2. The van der Waals surface area contributed by atoms with E-state index >= 15 is 0 Å². The van der Waals surface area contributed by atoms with Crippen molar-refractivity contribution in [2.75, 3.05) is 34.9 Å². The number of benzene rings is 2. The van der Waals surface area contributed by atoms with E-state index in [1.807, 2.05) is 36.4 Å². The van der Waals surface area contributed by atoms with Crippen LogP contribution in [0.2, 0.25) is 5.02 Å². The molecule has 0 saturated heterocycles. The zero-order chi connectivity index (χ0) is 19.6. The zero-order valence-electron chi connectivity index (χ0n) is 16.5. The molecule has 2 rings (SSSR count). The highest BCUT2D eigenvalue weighted by Crippen LogP contribution is 2.34. The van der Waals surface area contributed by atoms with Gasteiger partial charge in [-0.3, -0.25) is 4.99 Å². The molecule has 0 aromatic heterocycles. The van der Waals surface area contributed by atoms with E-state index < -0.39 is 0 Å². The van der Waals surface area contributed by atoms with Crippen LogP contribution in [0.3, 0.4) is 0 Å². The SMILES string of the molecule is CN=C(NCCc1ccc(Cl)cc1)NCc1cc(OC)c(OC)cc1OC.I. The van der Waals surface area contributed by atoms with Gasteiger partial charge in [-0.15, -0.1) is 24.0 Å². The third-order valence-corrected chi connectivity index (χ3v) is 4.33. The van der Waals surface area contributed by atoms with Crippen molar-refractivity contribution < 1.29 is 14.2 Å². The van der Waals surface area contributed by atoms with Gasteiger partial charge in [-0.2, -0.15) is 0 Å². The lowest BCUT2D eigenvalue weighted by atomic mass is 10.1. The number of nitrogens with one attached hydrogen (secondary N) is 2. The van der Waals surface area contributed by atoms with Gasteiger partial charge in [-0.25, -0.2) is 0 Å². The predicted octanol–water partition coefficient (Wildman–Crippen LogP) is 3.89. The van der Waals surface area contributed by atoms with Crippen molar-refractivity contribution >= 4 is 41.5 Å². The number of rotatable bonds is 8. The molecule has 0 aliphatic carbocycles. The Labute approximate surface area is 188 Å². The largest absolute Gasteiger partial charge is 0.496 e. The van der Waals surface area contributed by atoms with Crippen LogP contribution in [0.1, 0.15) is 11.1 Å². The van der Waals surface area contributed by atoms with Gasteiger partial charge < -0.3 is 24.8 Å². The molecule has 0 atom stereocenters. The highest BCUT2D eigenvalue weighted by atomic mass is 127. The molecule has 0 unspecified atom stereocenters. The predicted molar refractivity (Wildman–Crippen MR) is 125 cm³/mol. The molecule has 0 bridgehead atoms. The summed E-state index contributed by atoms with van der Waals surface area (Å²) in [5.41, 5.74) is 2.15. The molecule has 0 fully saturated rings. The van der Waals surface area contributed by atoms with Gasteiger partial charge in [0, 0.05) is 36.8 Å². The van der Waals surface area contributed by atoms with Crippen molar-refractivity contribution in [2.24, 2.45) is 4.99 Å². The molecule has 0 aliphatic rings. The van der Waals surface area contributed by atoms with Gasteiger partial charge in [0.05, 0.1) is 21.3 Å². The van der Waals surface area contributed by atoms with Gasteiger partial charge in [0.2, 0.25) is 0 Å². The zero-order valence-corrected chi connectivity index (χ0v) is 19.6. The molecule has 2 aromatic carbocycles. The van der Waals surface area contributed by atoms with E-state index in [9.17, 15) is 0 Å². The maximum atomic E-state index is 5.91. The highest BCUT2D eigenvalue weighted by Gasteiger charge is 2.12. The highest BCUT2D eigenvalue weighted by molar-refractivity contribution is 14.0. The van der Waals surface area contributed by atoms with Gasteiger partial charge in [0.1, 0.15) is 5.75 Å². The summed E-state index contributed by atoms with van der Waals surface area (Å²) in [6.45, 7) is 1.29. The minimum Gasteiger partial charge on any atom is -0.496 e. The van der Waals surface area contributed by atoms with Crippen LogP contribution in [0.25, 0.3) is 0 Å². The van der Waals surface area contributed by atoms with E-state index in [-0.39, 0.29) is 24.0 Å². The summed E-state index contributed by atoms with van der Waals surface area (Å²) in [4.78, 5) is 4.26. The van der Waals surface area contributed by atoms with Crippen molar-refractivity contribution in [3.63, 3.8) is 0 Å². The number of hydrogen-bond donors (Lipinski definition) is 2. The van der Waals surface area contributed by atoms with Crippen LogP contribution in [0.4, 0.5) is 0 Å². The monoisotopic (exact) mass is 519 g/mol. The molecule has 28 heavy (non-hydrogen) atoms. The minimum atomic E-state index is 0. The van der Waals surface area contributed by atoms with Gasteiger partial charge >= 0.3 is 0 Å². The molecule has 6 nitrogen and oxygen atoms in total. The second-order valence-electron chi connectivity index (χ2n) is 5.75. The van der Waals surface area contributed by atoms with E-state index in [1.165, 1.54) is 5.56 Å². The lowest BCUT2D eigenvalue weighted by molar-refractivity contribution is 0.347. The first kappa shape index (κ1) is 24.2. The molecule has 0 heterocycles. The average Bonchev–Trinajstić information content (AvgIpc) is 2.71. The molecule has 0 spiro atoms. The van der Waals surface area contributed by atoms with Gasteiger partial charge in [-0.1, -0.05) is 23.7 Å². The van der Waals surface area contributed by atoms with E-state index in [2.05, 4.69) is 15.6 Å². The first-order chi connectivity index (χ1) is 13.1. The topological polar surface area (TPSA) is 64.1 Å². The van der Waals surface area contributed by atoms with Gasteiger partial charge in [-0.05, 0) is 30.2 Å². The van der Waals surface area contributed by atoms with E-state index in [1.54, 1.807) is 28.4 Å². The lowest BCUT2D eigenvalue weighted by Crippen LogP contribution is -2.37. The fourth-order valence-electron chi connectivity index (χ4n) is 2.61. The maximum absolute atomic E-state index is 5.91. The van der Waals surface area contributed by atoms with E-state index in [0.717, 1.165) is 29.3 Å². The first-order valence-corrected chi connectivity index (χ1v) is 8.97. The Hall–Kier alpha value is -1.87. The third kappa shape index (κ3) is 6.94. The fraction of sp³-hybridized carbons (Fsp3) is 0.350. The number of nitrogens with zero attached hydrogens (tertiary/aromatic N) is 1. The van der Waals surface area contributed by atoms with Gasteiger partial charge in [0.25, 0.3) is 0 Å². The Bertz CT molecular complexity index is 770. The molecule has 2 N–H and O–H groups in total. The molecule has 0 aliphatic heterocycles. The smallest absolute Gasteiger partial charge is 0.191 e. The Morgan fingerprint density at radius 1 is 0.929 bits per heavy atom. The number of hydrogen-bond acceptors (Lipinski definition) is 4. The fourth-order valence-corrected chi connectivity index (χ4v) is 2.73. The van der Waals surface area contributed by atoms with Crippen LogP contribution in [-0.2, 0) is 13.0 Å². The lowest BCUT2D eigenvalue weighted by Gasteiger charge is -2.16. The van der Waals surface area contributed by atoms with Crippen LogP contribution in [0, 0.1) is 0 Å². The van der Waals surface area contributed by atoms with Crippen LogP contribution in [0.15, 0.2) is 41.4 Å². The van der Waals surface area contributed by atoms with Crippen molar-refractivity contribution in [1.82, 2.24) is 10.6 Å². The van der Waals surface area contributed by atoms with Crippen LogP contribution in [0.5, 0.6) is 17.2 Å². The standard InChI is InChI=1S/C20H26ClN3O3.HI/c1-22-20(23-10-9-14-5-7-16(21)8-6-14)24-13-15-11-18(26-3)19(27-4)12-17(15)25-2;/h5-8,11-12H,9-10,13H2,1-4H3,(H2,22,23,24);1H. The Morgan fingerprint density at radius 3 is 2.11 bits per heavy atom. The molecule has 8 heteroatoms. The summed E-state index contributed by atoms with van der Waals surface area (Å²) in [6, 6.07) is 11.5. The van der Waals surface area contributed by atoms with Crippen molar-refractivity contribution in [3.05, 3.63) is 52.5 Å². The summed E-state index contributed by atoms with van der Waals surface area (Å²) >= 11 is 5.91. The normalized spacial score (nSPS) is 10.7. The maximum Gasteiger partial charge on any atom is 0.191 e. The number of ether oxygens (including phenoxy) is 3. The molecule has 0 radical (unpaired) electrons. The summed E-state index contributed by atoms with van der Waals surface area (Å²) in [5.74, 6) is 2.71. The van der Waals surface area contributed by atoms with E-state index in [0.29, 0.717) is 24.0 Å². The van der Waals surface area contributed by atoms with Crippen molar-refractivity contribution in [2.45, 2.75) is 13.0 Å². The second kappa shape index (κ2) is 12.6. The van der Waals surface area contributed by atoms with Crippen LogP contribution >= 0.6 is 35.6 Å². The number of guanidine groups is 1. The number of aliphatic imine (C=N–C) groups is 1. The van der Waals surface area contributed by atoms with Crippen LogP contribution < -0.4 is 24.8 Å². The summed E-state index contributed by atoms with van der Waals surface area (Å²) in [6.07, 6.45) is 0.873. The summed E-state index contributed by atoms with van der Waals surface area (Å²) < 4.78 is 16.1. The quantitative estimate of drug-likeness (QED) is 0.315. The number of methoxy groups -OCH3 is 3. The average molecular weight is 520 g/mol. The Morgan fingerprint density at radius 2 is 1.54 bits per heavy atom.